The number of rotatable bonds is 8. The molecular formula is C19H25BrN2O2. The number of aryl methyl sites for hydroxylation is 1. The summed E-state index contributed by atoms with van der Waals surface area (Å²) >= 11 is 0. The number of hydrogen-bond donors (Lipinski definition) is 2. The van der Waals surface area contributed by atoms with Crippen LogP contribution in [0.25, 0.3) is 0 Å². The van der Waals surface area contributed by atoms with Gasteiger partial charge in [0.05, 0.1) is 12.1 Å². The SMILES string of the molecule is C[C@@H](NC(=O)CCCC[n+]1ccccc1)[C@@H](O)c1ccccc1.[Br-]. The second kappa shape index (κ2) is 10.9. The Morgan fingerprint density at radius 3 is 2.38 bits per heavy atom. The zero-order valence-corrected chi connectivity index (χ0v) is 15.5. The second-order valence-electron chi connectivity index (χ2n) is 5.78. The summed E-state index contributed by atoms with van der Waals surface area (Å²) in [6.45, 7) is 2.74. The maximum absolute atomic E-state index is 12.0. The molecule has 0 aliphatic carbocycles. The molecule has 2 rings (SSSR count). The molecule has 2 aromatic rings. The third-order valence-electron chi connectivity index (χ3n) is 3.85. The van der Waals surface area contributed by atoms with Gasteiger partial charge in [0.25, 0.3) is 0 Å². The van der Waals surface area contributed by atoms with Gasteiger partial charge in [-0.25, -0.2) is 4.57 Å². The number of nitrogens with one attached hydrogen (secondary N) is 1. The highest BCUT2D eigenvalue weighted by Crippen LogP contribution is 2.16. The first kappa shape index (κ1) is 20.3. The number of unbranched alkanes of at least 4 members (excludes halogenated alkanes) is 1. The third kappa shape index (κ3) is 6.81. The zero-order chi connectivity index (χ0) is 16.5. The average molecular weight is 393 g/mol. The highest BCUT2D eigenvalue weighted by atomic mass is 79.9. The summed E-state index contributed by atoms with van der Waals surface area (Å²) in [4.78, 5) is 12.0. The molecule has 0 spiro atoms. The zero-order valence-electron chi connectivity index (χ0n) is 13.9. The van der Waals surface area contributed by atoms with Crippen molar-refractivity contribution in [2.45, 2.75) is 44.9 Å². The van der Waals surface area contributed by atoms with Gasteiger partial charge in [0.1, 0.15) is 6.54 Å². The van der Waals surface area contributed by atoms with E-state index >= 15 is 0 Å². The van der Waals surface area contributed by atoms with E-state index in [2.05, 4.69) is 9.88 Å². The molecule has 2 atom stereocenters. The quantitative estimate of drug-likeness (QED) is 0.465. The lowest BCUT2D eigenvalue weighted by atomic mass is 10.0. The Bertz CT molecular complexity index is 593. The van der Waals surface area contributed by atoms with Gasteiger partial charge in [0.15, 0.2) is 12.4 Å². The summed E-state index contributed by atoms with van der Waals surface area (Å²) in [7, 11) is 0. The number of carbonyl (C=O) groups excluding carboxylic acids is 1. The van der Waals surface area contributed by atoms with Crippen LogP contribution < -0.4 is 26.9 Å². The Morgan fingerprint density at radius 1 is 1.08 bits per heavy atom. The summed E-state index contributed by atoms with van der Waals surface area (Å²) in [5.74, 6) is -0.00876. The molecule has 2 N–H and O–H groups in total. The number of aliphatic hydroxyl groups is 1. The predicted octanol–water partition coefficient (Wildman–Crippen LogP) is -0.613. The Labute approximate surface area is 154 Å². The van der Waals surface area contributed by atoms with Crippen molar-refractivity contribution < 1.29 is 31.4 Å². The summed E-state index contributed by atoms with van der Waals surface area (Å²) in [5, 5.41) is 13.1. The number of halogens is 1. The van der Waals surface area contributed by atoms with Crippen LogP contribution in [0.5, 0.6) is 0 Å². The minimum absolute atomic E-state index is 0. The summed E-state index contributed by atoms with van der Waals surface area (Å²) < 4.78 is 2.11. The van der Waals surface area contributed by atoms with Gasteiger partial charge in [-0.2, -0.15) is 0 Å². The minimum Gasteiger partial charge on any atom is -1.00 e. The predicted molar refractivity (Wildman–Crippen MR) is 89.5 cm³/mol. The Kier molecular flexibility index (Phi) is 9.27. The molecule has 0 radical (unpaired) electrons. The number of pyridine rings is 1. The van der Waals surface area contributed by atoms with E-state index in [1.165, 1.54) is 0 Å². The van der Waals surface area contributed by atoms with Gasteiger partial charge in [0.2, 0.25) is 5.91 Å². The van der Waals surface area contributed by atoms with E-state index in [1.54, 1.807) is 0 Å². The maximum Gasteiger partial charge on any atom is 0.220 e. The number of aliphatic hydroxyl groups excluding tert-OH is 1. The van der Waals surface area contributed by atoms with Crippen LogP contribution in [0.1, 0.15) is 37.9 Å². The molecule has 0 aliphatic rings. The summed E-state index contributed by atoms with van der Waals surface area (Å²) in [5.41, 5.74) is 0.820. The number of hydrogen-bond acceptors (Lipinski definition) is 2. The molecule has 0 saturated heterocycles. The lowest BCUT2D eigenvalue weighted by Crippen LogP contribution is -3.00. The number of carbonyl (C=O) groups is 1. The highest BCUT2D eigenvalue weighted by molar-refractivity contribution is 5.76. The fourth-order valence-corrected chi connectivity index (χ4v) is 2.51. The van der Waals surface area contributed by atoms with Gasteiger partial charge in [-0.1, -0.05) is 36.4 Å². The molecule has 1 aromatic carbocycles. The lowest BCUT2D eigenvalue weighted by Gasteiger charge is -2.20. The lowest BCUT2D eigenvalue weighted by molar-refractivity contribution is -0.697. The summed E-state index contributed by atoms with van der Waals surface area (Å²) in [6, 6.07) is 15.1. The number of amides is 1. The minimum atomic E-state index is -0.681. The standard InChI is InChI=1S/C19H24N2O2.BrH/c1-16(19(23)17-10-4-2-5-11-17)20-18(22)12-6-9-15-21-13-7-3-8-14-21;/h2-5,7-8,10-11,13-14,16,19,23H,6,9,12,15H2,1H3;1H/t16-,19-;/m1./s1. The molecule has 0 bridgehead atoms. The van der Waals surface area contributed by atoms with Crippen LogP contribution in [0.3, 0.4) is 0 Å². The monoisotopic (exact) mass is 392 g/mol. The molecule has 5 heteroatoms. The largest absolute Gasteiger partial charge is 1.00 e. The van der Waals surface area contributed by atoms with E-state index in [0.29, 0.717) is 6.42 Å². The van der Waals surface area contributed by atoms with Crippen LogP contribution in [0.15, 0.2) is 60.9 Å². The van der Waals surface area contributed by atoms with Gasteiger partial charge < -0.3 is 27.4 Å². The van der Waals surface area contributed by atoms with E-state index in [0.717, 1.165) is 24.9 Å². The first-order valence-electron chi connectivity index (χ1n) is 8.13. The van der Waals surface area contributed by atoms with Crippen molar-refractivity contribution in [3.05, 3.63) is 66.5 Å². The van der Waals surface area contributed by atoms with E-state index in [-0.39, 0.29) is 28.9 Å². The number of benzene rings is 1. The van der Waals surface area contributed by atoms with Crippen LogP contribution in [-0.4, -0.2) is 17.1 Å². The normalized spacial score (nSPS) is 12.8. The topological polar surface area (TPSA) is 53.2 Å². The second-order valence-corrected chi connectivity index (χ2v) is 5.78. The summed E-state index contributed by atoms with van der Waals surface area (Å²) in [6.07, 6.45) is 5.65. The molecule has 0 aliphatic heterocycles. The average Bonchev–Trinajstić information content (AvgIpc) is 2.59. The first-order valence-corrected chi connectivity index (χ1v) is 8.13. The molecule has 0 saturated carbocycles. The Hall–Kier alpha value is -1.72. The van der Waals surface area contributed by atoms with Crippen molar-refractivity contribution in [1.29, 1.82) is 0 Å². The number of aromatic nitrogens is 1. The third-order valence-corrected chi connectivity index (χ3v) is 3.85. The van der Waals surface area contributed by atoms with Crippen LogP contribution in [0.2, 0.25) is 0 Å². The molecular weight excluding hydrogens is 368 g/mol. The van der Waals surface area contributed by atoms with Crippen molar-refractivity contribution in [2.24, 2.45) is 0 Å². The van der Waals surface area contributed by atoms with Gasteiger partial charge in [0, 0.05) is 25.0 Å². The van der Waals surface area contributed by atoms with Crippen LogP contribution in [0.4, 0.5) is 0 Å². The van der Waals surface area contributed by atoms with Crippen LogP contribution >= 0.6 is 0 Å². The molecule has 4 nitrogen and oxygen atoms in total. The Morgan fingerprint density at radius 2 is 1.71 bits per heavy atom. The fourth-order valence-electron chi connectivity index (χ4n) is 2.51. The molecule has 1 amide bonds. The highest BCUT2D eigenvalue weighted by Gasteiger charge is 2.17. The first-order chi connectivity index (χ1) is 11.2. The molecule has 130 valence electrons. The van der Waals surface area contributed by atoms with Crippen molar-refractivity contribution in [2.75, 3.05) is 0 Å². The van der Waals surface area contributed by atoms with Gasteiger partial charge in [-0.15, -0.1) is 0 Å². The fraction of sp³-hybridized carbons (Fsp3) is 0.368. The van der Waals surface area contributed by atoms with Crippen molar-refractivity contribution in [1.82, 2.24) is 5.32 Å². The van der Waals surface area contributed by atoms with Crippen LogP contribution in [-0.2, 0) is 11.3 Å². The molecule has 1 heterocycles. The molecule has 0 fully saturated rings. The number of nitrogens with zero attached hydrogens (tertiary/aromatic N) is 1. The van der Waals surface area contributed by atoms with Crippen LogP contribution in [0, 0.1) is 0 Å². The van der Waals surface area contributed by atoms with E-state index in [9.17, 15) is 9.90 Å². The van der Waals surface area contributed by atoms with Crippen molar-refractivity contribution in [3.8, 4) is 0 Å². The Balaban J connectivity index is 0.00000288. The van der Waals surface area contributed by atoms with Gasteiger partial charge in [-0.05, 0) is 18.9 Å². The van der Waals surface area contributed by atoms with E-state index < -0.39 is 6.10 Å². The maximum atomic E-state index is 12.0. The van der Waals surface area contributed by atoms with Gasteiger partial charge >= 0.3 is 0 Å². The van der Waals surface area contributed by atoms with Gasteiger partial charge in [-0.3, -0.25) is 4.79 Å². The molecule has 1 aromatic heterocycles. The smallest absolute Gasteiger partial charge is 0.220 e. The van der Waals surface area contributed by atoms with E-state index in [4.69, 9.17) is 0 Å². The van der Waals surface area contributed by atoms with E-state index in [1.807, 2.05) is 67.8 Å². The van der Waals surface area contributed by atoms with Crippen molar-refractivity contribution in [3.63, 3.8) is 0 Å². The van der Waals surface area contributed by atoms with Crippen molar-refractivity contribution >= 4 is 5.91 Å². The molecule has 24 heavy (non-hydrogen) atoms. The molecule has 0 unspecified atom stereocenters.